The van der Waals surface area contributed by atoms with E-state index in [2.05, 4.69) is 34.6 Å². The summed E-state index contributed by atoms with van der Waals surface area (Å²) in [4.78, 5) is 11.7. The summed E-state index contributed by atoms with van der Waals surface area (Å²) in [6, 6.07) is 8.13. The summed E-state index contributed by atoms with van der Waals surface area (Å²) in [7, 11) is 0. The second kappa shape index (κ2) is 5.93. The monoisotopic (exact) mass is 281 g/mol. The van der Waals surface area contributed by atoms with Crippen LogP contribution in [0.3, 0.4) is 0 Å². The van der Waals surface area contributed by atoms with Crippen LogP contribution in [0.1, 0.15) is 27.9 Å². The molecule has 18 heavy (non-hydrogen) atoms. The van der Waals surface area contributed by atoms with Crippen LogP contribution in [0.2, 0.25) is 4.47 Å². The molecule has 1 heterocycles. The normalized spacial score (nSPS) is 10.3. The largest absolute Gasteiger partial charge is 0.346 e. The van der Waals surface area contributed by atoms with Crippen molar-refractivity contribution in [3.05, 3.63) is 44.9 Å². The zero-order chi connectivity index (χ0) is 13.0. The third-order valence-electron chi connectivity index (χ3n) is 2.48. The van der Waals surface area contributed by atoms with Crippen LogP contribution in [0, 0.1) is 0 Å². The molecule has 6 heteroatoms. The van der Waals surface area contributed by atoms with Crippen molar-refractivity contribution in [2.75, 3.05) is 0 Å². The van der Waals surface area contributed by atoms with Crippen molar-refractivity contribution in [3.63, 3.8) is 0 Å². The van der Waals surface area contributed by atoms with E-state index in [4.69, 9.17) is 11.6 Å². The molecule has 94 valence electrons. The molecule has 0 saturated carbocycles. The molecule has 0 aliphatic rings. The van der Waals surface area contributed by atoms with Crippen molar-refractivity contribution in [1.82, 2.24) is 15.5 Å². The molecule has 1 aromatic heterocycles. The average Bonchev–Trinajstić information content (AvgIpc) is 2.83. The number of aryl methyl sites for hydroxylation is 1. The minimum Gasteiger partial charge on any atom is -0.346 e. The van der Waals surface area contributed by atoms with E-state index in [1.807, 2.05) is 12.1 Å². The Kier molecular flexibility index (Phi) is 4.28. The number of benzene rings is 1. The van der Waals surface area contributed by atoms with E-state index in [0.717, 1.165) is 23.3 Å². The van der Waals surface area contributed by atoms with Gasteiger partial charge in [-0.05, 0) is 29.1 Å². The van der Waals surface area contributed by atoms with Gasteiger partial charge in [-0.25, -0.2) is 0 Å². The number of carbonyl (C=O) groups is 1. The molecule has 0 fully saturated rings. The predicted octanol–water partition coefficient (Wildman–Crippen LogP) is 2.68. The van der Waals surface area contributed by atoms with Crippen LogP contribution in [0.25, 0.3) is 0 Å². The van der Waals surface area contributed by atoms with Crippen LogP contribution in [-0.2, 0) is 13.0 Å². The van der Waals surface area contributed by atoms with E-state index < -0.39 is 0 Å². The smallest absolute Gasteiger partial charge is 0.282 e. The molecule has 0 atom stereocenters. The number of halogens is 1. The minimum atomic E-state index is -0.251. The molecule has 2 aromatic rings. The first-order valence-corrected chi connectivity index (χ1v) is 6.73. The summed E-state index contributed by atoms with van der Waals surface area (Å²) in [5, 5.41) is 10.3. The van der Waals surface area contributed by atoms with Crippen LogP contribution >= 0.6 is 22.9 Å². The van der Waals surface area contributed by atoms with E-state index >= 15 is 0 Å². The van der Waals surface area contributed by atoms with E-state index in [0.29, 0.717) is 6.54 Å². The molecule has 0 aliphatic heterocycles. The molecule has 4 nitrogen and oxygen atoms in total. The lowest BCUT2D eigenvalue weighted by Gasteiger charge is -2.04. The molecule has 0 spiro atoms. The van der Waals surface area contributed by atoms with Crippen molar-refractivity contribution in [3.8, 4) is 0 Å². The molecule has 0 radical (unpaired) electrons. The number of carbonyl (C=O) groups excluding carboxylic acids is 1. The molecule has 1 N–H and O–H groups in total. The van der Waals surface area contributed by atoms with Crippen molar-refractivity contribution >= 4 is 28.8 Å². The van der Waals surface area contributed by atoms with Gasteiger partial charge in [-0.3, -0.25) is 4.79 Å². The van der Waals surface area contributed by atoms with E-state index in [-0.39, 0.29) is 15.4 Å². The Morgan fingerprint density at radius 3 is 2.50 bits per heavy atom. The predicted molar refractivity (Wildman–Crippen MR) is 71.9 cm³/mol. The van der Waals surface area contributed by atoms with Crippen LogP contribution in [0.15, 0.2) is 24.3 Å². The number of aromatic nitrogens is 2. The van der Waals surface area contributed by atoms with Crippen molar-refractivity contribution in [1.29, 1.82) is 0 Å². The quantitative estimate of drug-likeness (QED) is 0.937. The Balaban J connectivity index is 1.92. The Labute approximate surface area is 114 Å². The van der Waals surface area contributed by atoms with Gasteiger partial charge in [0.2, 0.25) is 9.47 Å². The third-order valence-corrected chi connectivity index (χ3v) is 3.50. The topological polar surface area (TPSA) is 54.9 Å². The fraction of sp³-hybridized carbons (Fsp3) is 0.250. The summed E-state index contributed by atoms with van der Waals surface area (Å²) in [5.41, 5.74) is 2.33. The van der Waals surface area contributed by atoms with Gasteiger partial charge in [0, 0.05) is 6.54 Å². The standard InChI is InChI=1S/C12H12ClN3OS/c1-2-8-3-5-9(6-4-8)7-14-10(17)11-15-16-12(13)18-11/h3-6H,2,7H2,1H3,(H,14,17). The minimum absolute atomic E-state index is 0.251. The highest BCUT2D eigenvalue weighted by Crippen LogP contribution is 2.14. The van der Waals surface area contributed by atoms with Gasteiger partial charge < -0.3 is 5.32 Å². The highest BCUT2D eigenvalue weighted by molar-refractivity contribution is 7.17. The van der Waals surface area contributed by atoms with Crippen LogP contribution in [0.5, 0.6) is 0 Å². The summed E-state index contributed by atoms with van der Waals surface area (Å²) in [5.74, 6) is -0.251. The maximum Gasteiger partial charge on any atom is 0.282 e. The molecule has 1 aromatic carbocycles. The Bertz CT molecular complexity index is 539. The summed E-state index contributed by atoms with van der Waals surface area (Å²) < 4.78 is 0.271. The zero-order valence-electron chi connectivity index (χ0n) is 9.81. The molecule has 2 rings (SSSR count). The number of nitrogens with zero attached hydrogens (tertiary/aromatic N) is 2. The van der Waals surface area contributed by atoms with Crippen molar-refractivity contribution in [2.24, 2.45) is 0 Å². The second-order valence-corrected chi connectivity index (χ2v) is 5.27. The van der Waals surface area contributed by atoms with E-state index in [1.54, 1.807) is 0 Å². The maximum atomic E-state index is 11.7. The van der Waals surface area contributed by atoms with Gasteiger partial charge >= 0.3 is 0 Å². The van der Waals surface area contributed by atoms with E-state index in [1.165, 1.54) is 5.56 Å². The van der Waals surface area contributed by atoms with Gasteiger partial charge in [-0.1, -0.05) is 42.5 Å². The molecule has 0 unspecified atom stereocenters. The molecule has 0 saturated heterocycles. The fourth-order valence-electron chi connectivity index (χ4n) is 1.45. The highest BCUT2D eigenvalue weighted by atomic mass is 35.5. The van der Waals surface area contributed by atoms with Gasteiger partial charge in [-0.15, -0.1) is 10.2 Å². The number of amides is 1. The first kappa shape index (κ1) is 13.0. The second-order valence-electron chi connectivity index (χ2n) is 3.71. The van der Waals surface area contributed by atoms with Crippen LogP contribution in [-0.4, -0.2) is 16.1 Å². The maximum absolute atomic E-state index is 11.7. The van der Waals surface area contributed by atoms with Gasteiger partial charge in [0.05, 0.1) is 0 Å². The summed E-state index contributed by atoms with van der Waals surface area (Å²) in [6.07, 6.45) is 1.01. The summed E-state index contributed by atoms with van der Waals surface area (Å²) in [6.45, 7) is 2.58. The van der Waals surface area contributed by atoms with E-state index in [9.17, 15) is 4.79 Å². The number of nitrogens with one attached hydrogen (secondary N) is 1. The SMILES string of the molecule is CCc1ccc(CNC(=O)c2nnc(Cl)s2)cc1. The van der Waals surface area contributed by atoms with Crippen molar-refractivity contribution in [2.45, 2.75) is 19.9 Å². The van der Waals surface area contributed by atoms with Crippen LogP contribution < -0.4 is 5.32 Å². The average molecular weight is 282 g/mol. The first-order valence-electron chi connectivity index (χ1n) is 5.54. The Morgan fingerprint density at radius 2 is 1.94 bits per heavy atom. The van der Waals surface area contributed by atoms with Crippen LogP contribution in [0.4, 0.5) is 0 Å². The lowest BCUT2D eigenvalue weighted by molar-refractivity contribution is 0.0950. The molecular weight excluding hydrogens is 270 g/mol. The van der Waals surface area contributed by atoms with Gasteiger partial charge in [-0.2, -0.15) is 0 Å². The Morgan fingerprint density at radius 1 is 1.28 bits per heavy atom. The molecule has 0 aliphatic carbocycles. The molecule has 0 bridgehead atoms. The number of hydrogen-bond donors (Lipinski definition) is 1. The number of rotatable bonds is 4. The third kappa shape index (κ3) is 3.27. The molecule has 1 amide bonds. The first-order chi connectivity index (χ1) is 8.69. The van der Waals surface area contributed by atoms with Crippen molar-refractivity contribution < 1.29 is 4.79 Å². The molecular formula is C12H12ClN3OS. The number of hydrogen-bond acceptors (Lipinski definition) is 4. The highest BCUT2D eigenvalue weighted by Gasteiger charge is 2.11. The Hall–Kier alpha value is -1.46. The van der Waals surface area contributed by atoms with Gasteiger partial charge in [0.25, 0.3) is 5.91 Å². The zero-order valence-corrected chi connectivity index (χ0v) is 11.4. The van der Waals surface area contributed by atoms with Gasteiger partial charge in [0.15, 0.2) is 0 Å². The van der Waals surface area contributed by atoms with Gasteiger partial charge in [0.1, 0.15) is 0 Å². The fourth-order valence-corrected chi connectivity index (χ4v) is 2.19. The lowest BCUT2D eigenvalue weighted by Crippen LogP contribution is -2.22. The lowest BCUT2D eigenvalue weighted by atomic mass is 10.1. The summed E-state index contributed by atoms with van der Waals surface area (Å²) >= 11 is 6.69.